The lowest BCUT2D eigenvalue weighted by Gasteiger charge is -2.45. The van der Waals surface area contributed by atoms with E-state index >= 15 is 0 Å². The number of nitrogens with zero attached hydrogens (tertiary/aromatic N) is 1. The maximum atomic E-state index is 10.4. The minimum Gasteiger partial charge on any atom is -0.504 e. The highest BCUT2D eigenvalue weighted by Gasteiger charge is 2.50. The molecule has 2 aromatic carbocycles. The first kappa shape index (κ1) is 15.6. The minimum atomic E-state index is -0.388. The lowest BCUT2D eigenvalue weighted by Crippen LogP contribution is -2.48. The zero-order chi connectivity index (χ0) is 18.1. The molecule has 1 atom stereocenters. The Hall–Kier alpha value is -2.66. The van der Waals surface area contributed by atoms with Crippen LogP contribution in [0.4, 0.5) is 0 Å². The highest BCUT2D eigenvalue weighted by molar-refractivity contribution is 5.84. The standard InChI is InChI=1S/C21H21NO4/c1-12-14-4-5-18-20(26-11-25-18)15(14)10-21(12)16-9-17(23)19(24-3)8-13(16)6-7-22(21)2/h4-5,8-9,23H,1,6-7,10-11H2,2-3H3. The van der Waals surface area contributed by atoms with E-state index in [1.807, 2.05) is 18.2 Å². The van der Waals surface area contributed by atoms with Crippen LogP contribution < -0.4 is 14.2 Å². The van der Waals surface area contributed by atoms with Gasteiger partial charge >= 0.3 is 0 Å². The van der Waals surface area contributed by atoms with E-state index < -0.39 is 0 Å². The van der Waals surface area contributed by atoms with Crippen LogP contribution in [0.15, 0.2) is 30.8 Å². The van der Waals surface area contributed by atoms with Gasteiger partial charge in [-0.2, -0.15) is 0 Å². The van der Waals surface area contributed by atoms with Crippen LogP contribution >= 0.6 is 0 Å². The molecule has 1 unspecified atom stereocenters. The van der Waals surface area contributed by atoms with E-state index in [9.17, 15) is 5.11 Å². The van der Waals surface area contributed by atoms with Gasteiger partial charge in [0.15, 0.2) is 23.0 Å². The summed E-state index contributed by atoms with van der Waals surface area (Å²) in [6.45, 7) is 5.64. The highest BCUT2D eigenvalue weighted by Crippen LogP contribution is 2.57. The van der Waals surface area contributed by atoms with Crippen molar-refractivity contribution in [1.29, 1.82) is 0 Å². The number of likely N-dealkylation sites (N-methyl/N-ethyl adjacent to an activating group) is 1. The first-order chi connectivity index (χ1) is 12.6. The van der Waals surface area contributed by atoms with Gasteiger partial charge in [-0.3, -0.25) is 4.90 Å². The molecule has 134 valence electrons. The highest BCUT2D eigenvalue weighted by atomic mass is 16.7. The predicted octanol–water partition coefficient (Wildman–Crippen LogP) is 3.08. The number of methoxy groups -OCH3 is 1. The number of ether oxygens (including phenoxy) is 3. The molecule has 0 amide bonds. The van der Waals surface area contributed by atoms with Gasteiger partial charge in [0.1, 0.15) is 0 Å². The summed E-state index contributed by atoms with van der Waals surface area (Å²) in [5.41, 5.74) is 5.20. The van der Waals surface area contributed by atoms with Crippen molar-refractivity contribution in [2.75, 3.05) is 27.5 Å². The summed E-state index contributed by atoms with van der Waals surface area (Å²) in [5.74, 6) is 2.31. The third kappa shape index (κ3) is 1.78. The van der Waals surface area contributed by atoms with Crippen molar-refractivity contribution in [3.05, 3.63) is 53.1 Å². The van der Waals surface area contributed by atoms with Crippen molar-refractivity contribution in [3.8, 4) is 23.0 Å². The summed E-state index contributed by atoms with van der Waals surface area (Å²) in [5, 5.41) is 10.4. The smallest absolute Gasteiger partial charge is 0.231 e. The topological polar surface area (TPSA) is 51.2 Å². The monoisotopic (exact) mass is 351 g/mol. The molecule has 5 heteroatoms. The average molecular weight is 351 g/mol. The van der Waals surface area contributed by atoms with Crippen LogP contribution in [0.2, 0.25) is 0 Å². The summed E-state index contributed by atoms with van der Waals surface area (Å²) >= 11 is 0. The Kier molecular flexibility index (Phi) is 3.10. The summed E-state index contributed by atoms with van der Waals surface area (Å²) in [6, 6.07) is 7.84. The van der Waals surface area contributed by atoms with Crippen LogP contribution in [0.3, 0.4) is 0 Å². The quantitative estimate of drug-likeness (QED) is 0.856. The molecule has 0 radical (unpaired) electrons. The van der Waals surface area contributed by atoms with Gasteiger partial charge in [0.05, 0.1) is 12.6 Å². The average Bonchev–Trinajstić information content (AvgIpc) is 3.22. The Balaban J connectivity index is 1.73. The summed E-state index contributed by atoms with van der Waals surface area (Å²) in [7, 11) is 3.70. The van der Waals surface area contributed by atoms with Crippen LogP contribution in [0.1, 0.15) is 22.3 Å². The largest absolute Gasteiger partial charge is 0.504 e. The Morgan fingerprint density at radius 3 is 2.92 bits per heavy atom. The Bertz CT molecular complexity index is 952. The molecular formula is C21H21NO4. The minimum absolute atomic E-state index is 0.162. The summed E-state index contributed by atoms with van der Waals surface area (Å²) in [4.78, 5) is 2.34. The summed E-state index contributed by atoms with van der Waals surface area (Å²) < 4.78 is 16.6. The number of rotatable bonds is 1. The van der Waals surface area contributed by atoms with E-state index in [-0.39, 0.29) is 18.1 Å². The van der Waals surface area contributed by atoms with Crippen LogP contribution in [-0.2, 0) is 18.4 Å². The van der Waals surface area contributed by atoms with Gasteiger partial charge in [-0.15, -0.1) is 0 Å². The van der Waals surface area contributed by atoms with Crippen molar-refractivity contribution >= 4 is 5.57 Å². The second-order valence-corrected chi connectivity index (χ2v) is 7.19. The van der Waals surface area contributed by atoms with Crippen molar-refractivity contribution in [1.82, 2.24) is 4.90 Å². The second-order valence-electron chi connectivity index (χ2n) is 7.19. The van der Waals surface area contributed by atoms with Gasteiger partial charge in [-0.05, 0) is 53.9 Å². The van der Waals surface area contributed by atoms with E-state index in [1.165, 1.54) is 5.56 Å². The maximum Gasteiger partial charge on any atom is 0.231 e. The predicted molar refractivity (Wildman–Crippen MR) is 98.0 cm³/mol. The molecule has 26 heavy (non-hydrogen) atoms. The van der Waals surface area contributed by atoms with Gasteiger partial charge < -0.3 is 19.3 Å². The van der Waals surface area contributed by atoms with Crippen LogP contribution in [0.25, 0.3) is 5.57 Å². The fourth-order valence-electron chi connectivity index (χ4n) is 4.75. The molecular weight excluding hydrogens is 330 g/mol. The third-order valence-corrected chi connectivity index (χ3v) is 6.12. The summed E-state index contributed by atoms with van der Waals surface area (Å²) in [6.07, 6.45) is 1.66. The first-order valence-electron chi connectivity index (χ1n) is 8.79. The molecule has 3 aliphatic rings. The van der Waals surface area contributed by atoms with Crippen molar-refractivity contribution < 1.29 is 19.3 Å². The molecule has 1 spiro atoms. The Morgan fingerprint density at radius 2 is 2.12 bits per heavy atom. The first-order valence-corrected chi connectivity index (χ1v) is 8.79. The van der Waals surface area contributed by atoms with E-state index in [0.29, 0.717) is 5.75 Å². The fraction of sp³-hybridized carbons (Fsp3) is 0.333. The normalized spacial score (nSPS) is 23.2. The van der Waals surface area contributed by atoms with Gasteiger partial charge in [-0.25, -0.2) is 0 Å². The molecule has 2 heterocycles. The second kappa shape index (κ2) is 5.17. The van der Waals surface area contributed by atoms with E-state index in [1.54, 1.807) is 7.11 Å². The molecule has 2 aromatic rings. The van der Waals surface area contributed by atoms with Gasteiger partial charge in [0.2, 0.25) is 6.79 Å². The van der Waals surface area contributed by atoms with E-state index in [4.69, 9.17) is 14.2 Å². The molecule has 0 aromatic heterocycles. The fourth-order valence-corrected chi connectivity index (χ4v) is 4.75. The van der Waals surface area contributed by atoms with Crippen molar-refractivity contribution in [2.24, 2.45) is 0 Å². The molecule has 2 aliphatic heterocycles. The number of hydrogen-bond donors (Lipinski definition) is 1. The zero-order valence-corrected chi connectivity index (χ0v) is 15.0. The van der Waals surface area contributed by atoms with E-state index in [2.05, 4.69) is 24.6 Å². The number of phenolic OH excluding ortho intramolecular Hbond substituents is 1. The number of benzene rings is 2. The molecule has 1 aliphatic carbocycles. The molecule has 5 rings (SSSR count). The number of fused-ring (bicyclic) bond motifs is 5. The molecule has 5 nitrogen and oxygen atoms in total. The van der Waals surface area contributed by atoms with Crippen LogP contribution in [0, 0.1) is 0 Å². The lowest BCUT2D eigenvalue weighted by atomic mass is 9.76. The molecule has 0 saturated carbocycles. The number of hydrogen-bond acceptors (Lipinski definition) is 5. The lowest BCUT2D eigenvalue weighted by molar-refractivity contribution is 0.162. The van der Waals surface area contributed by atoms with Crippen LogP contribution in [0.5, 0.6) is 23.0 Å². The SMILES string of the molecule is C=C1c2ccc3c(c2CC12c1cc(O)c(OC)cc1CCN2C)OCO3. The molecule has 1 N–H and O–H groups in total. The van der Waals surface area contributed by atoms with Crippen molar-refractivity contribution in [2.45, 2.75) is 18.4 Å². The molecule has 0 fully saturated rings. The third-order valence-electron chi connectivity index (χ3n) is 6.12. The zero-order valence-electron chi connectivity index (χ0n) is 15.0. The number of aromatic hydroxyl groups is 1. The van der Waals surface area contributed by atoms with Gasteiger partial charge in [0.25, 0.3) is 0 Å². The van der Waals surface area contributed by atoms with E-state index in [0.717, 1.165) is 53.1 Å². The van der Waals surface area contributed by atoms with Crippen molar-refractivity contribution in [3.63, 3.8) is 0 Å². The Labute approximate surface area is 152 Å². The number of phenols is 1. The molecule has 0 saturated heterocycles. The van der Waals surface area contributed by atoms with Gasteiger partial charge in [-0.1, -0.05) is 12.6 Å². The maximum absolute atomic E-state index is 10.4. The van der Waals surface area contributed by atoms with Gasteiger partial charge in [0, 0.05) is 18.5 Å². The molecule has 0 bridgehead atoms. The Morgan fingerprint density at radius 1 is 1.27 bits per heavy atom. The van der Waals surface area contributed by atoms with Crippen LogP contribution in [-0.4, -0.2) is 37.5 Å².